The summed E-state index contributed by atoms with van der Waals surface area (Å²) in [4.78, 5) is 0. The monoisotopic (exact) mass is 225 g/mol. The van der Waals surface area contributed by atoms with Crippen molar-refractivity contribution in [3.63, 3.8) is 0 Å². The Bertz CT molecular complexity index is 296. The molecule has 0 radical (unpaired) electrons. The third-order valence-electron chi connectivity index (χ3n) is 1.74. The van der Waals surface area contributed by atoms with Crippen LogP contribution in [-0.4, -0.2) is 0 Å². The van der Waals surface area contributed by atoms with Gasteiger partial charge in [0, 0.05) is 6.04 Å². The Hall–Kier alpha value is -0.740. The highest BCUT2D eigenvalue weighted by Crippen LogP contribution is 2.30. The summed E-state index contributed by atoms with van der Waals surface area (Å²) in [7, 11) is 0. The molecule has 0 aliphatic heterocycles. The number of halogens is 4. The van der Waals surface area contributed by atoms with E-state index in [4.69, 9.17) is 5.73 Å². The predicted octanol–water partition coefficient (Wildman–Crippen LogP) is 3.15. The van der Waals surface area contributed by atoms with Gasteiger partial charge in [-0.05, 0) is 24.6 Å². The zero-order chi connectivity index (χ0) is 10.1. The lowest BCUT2D eigenvalue weighted by Crippen LogP contribution is -2.09. The van der Waals surface area contributed by atoms with Crippen molar-refractivity contribution in [1.82, 2.24) is 0 Å². The zero-order valence-electron chi connectivity index (χ0n) is 7.51. The van der Waals surface area contributed by atoms with Crippen LogP contribution in [0.5, 0.6) is 0 Å². The van der Waals surface area contributed by atoms with Crippen LogP contribution in [-0.2, 0) is 6.18 Å². The first-order chi connectivity index (χ1) is 5.91. The van der Waals surface area contributed by atoms with Crippen LogP contribution in [0.25, 0.3) is 0 Å². The number of hydrogen-bond donors (Lipinski definition) is 1. The van der Waals surface area contributed by atoms with Gasteiger partial charge in [-0.25, -0.2) is 0 Å². The summed E-state index contributed by atoms with van der Waals surface area (Å²) in [6, 6.07) is 4.68. The van der Waals surface area contributed by atoms with Crippen molar-refractivity contribution in [2.45, 2.75) is 19.1 Å². The molecular formula is C9H11ClF3N. The Morgan fingerprint density at radius 1 is 1.29 bits per heavy atom. The molecule has 0 amide bonds. The summed E-state index contributed by atoms with van der Waals surface area (Å²) in [5.41, 5.74) is 5.30. The largest absolute Gasteiger partial charge is 0.416 e. The van der Waals surface area contributed by atoms with E-state index in [1.807, 2.05) is 0 Å². The average Bonchev–Trinajstić information content (AvgIpc) is 2.03. The molecule has 0 unspecified atom stereocenters. The fraction of sp³-hybridized carbons (Fsp3) is 0.333. The quantitative estimate of drug-likeness (QED) is 0.781. The van der Waals surface area contributed by atoms with Gasteiger partial charge in [-0.3, -0.25) is 0 Å². The summed E-state index contributed by atoms with van der Waals surface area (Å²) < 4.78 is 36.6. The predicted molar refractivity (Wildman–Crippen MR) is 51.3 cm³/mol. The molecule has 80 valence electrons. The molecule has 2 N–H and O–H groups in total. The molecule has 0 spiro atoms. The second kappa shape index (κ2) is 4.66. The third-order valence-corrected chi connectivity index (χ3v) is 1.74. The first-order valence-corrected chi connectivity index (χ1v) is 3.84. The fourth-order valence-corrected chi connectivity index (χ4v) is 0.998. The maximum Gasteiger partial charge on any atom is 0.416 e. The Morgan fingerprint density at radius 3 is 2.29 bits per heavy atom. The lowest BCUT2D eigenvalue weighted by molar-refractivity contribution is -0.137. The van der Waals surface area contributed by atoms with Crippen LogP contribution in [0, 0.1) is 0 Å². The molecule has 0 aromatic heterocycles. The van der Waals surface area contributed by atoms with E-state index < -0.39 is 11.7 Å². The number of hydrogen-bond acceptors (Lipinski definition) is 1. The lowest BCUT2D eigenvalue weighted by Gasteiger charge is -2.10. The molecule has 1 aromatic rings. The maximum absolute atomic E-state index is 12.2. The summed E-state index contributed by atoms with van der Waals surface area (Å²) in [5.74, 6) is 0. The molecule has 0 aliphatic rings. The molecule has 0 fully saturated rings. The topological polar surface area (TPSA) is 26.0 Å². The van der Waals surface area contributed by atoms with Crippen molar-refractivity contribution in [1.29, 1.82) is 0 Å². The standard InChI is InChI=1S/C9H10F3N.ClH/c1-6(13)7-3-2-4-8(5-7)9(10,11)12;/h2-6H,13H2,1H3;1H/t6-;/m1./s1. The molecule has 0 bridgehead atoms. The molecule has 1 atom stereocenters. The summed E-state index contributed by atoms with van der Waals surface area (Å²) in [6.45, 7) is 1.65. The van der Waals surface area contributed by atoms with Gasteiger partial charge in [0.2, 0.25) is 0 Å². The van der Waals surface area contributed by atoms with E-state index in [1.165, 1.54) is 6.07 Å². The van der Waals surface area contributed by atoms with E-state index in [9.17, 15) is 13.2 Å². The maximum atomic E-state index is 12.2. The Morgan fingerprint density at radius 2 is 1.86 bits per heavy atom. The number of alkyl halides is 3. The molecule has 1 rings (SSSR count). The highest BCUT2D eigenvalue weighted by atomic mass is 35.5. The van der Waals surface area contributed by atoms with Crippen molar-refractivity contribution >= 4 is 12.4 Å². The van der Waals surface area contributed by atoms with E-state index in [0.29, 0.717) is 5.56 Å². The van der Waals surface area contributed by atoms with Gasteiger partial charge >= 0.3 is 6.18 Å². The average molecular weight is 226 g/mol. The Kier molecular flexibility index (Phi) is 4.42. The SMILES string of the molecule is C[C@@H](N)c1cccc(C(F)(F)F)c1.Cl. The number of nitrogens with two attached hydrogens (primary N) is 1. The smallest absolute Gasteiger partial charge is 0.324 e. The van der Waals surface area contributed by atoms with Gasteiger partial charge < -0.3 is 5.73 Å². The van der Waals surface area contributed by atoms with Crippen molar-refractivity contribution in [2.75, 3.05) is 0 Å². The molecule has 1 aromatic carbocycles. The van der Waals surface area contributed by atoms with Gasteiger partial charge in [0.15, 0.2) is 0 Å². The molecule has 0 aliphatic carbocycles. The first-order valence-electron chi connectivity index (χ1n) is 3.84. The van der Waals surface area contributed by atoms with Crippen molar-refractivity contribution < 1.29 is 13.2 Å². The lowest BCUT2D eigenvalue weighted by atomic mass is 10.1. The molecule has 5 heteroatoms. The van der Waals surface area contributed by atoms with Crippen LogP contribution in [0.4, 0.5) is 13.2 Å². The fourth-order valence-electron chi connectivity index (χ4n) is 0.998. The number of benzene rings is 1. The molecule has 1 nitrogen and oxygen atoms in total. The molecule has 0 saturated carbocycles. The van der Waals surface area contributed by atoms with Gasteiger partial charge in [0.25, 0.3) is 0 Å². The summed E-state index contributed by atoms with van der Waals surface area (Å²) in [6.07, 6.45) is -4.29. The highest BCUT2D eigenvalue weighted by Gasteiger charge is 2.30. The molecule has 14 heavy (non-hydrogen) atoms. The van der Waals surface area contributed by atoms with Crippen molar-refractivity contribution in [3.05, 3.63) is 35.4 Å². The minimum atomic E-state index is -4.29. The first kappa shape index (κ1) is 13.3. The van der Waals surface area contributed by atoms with Crippen molar-refractivity contribution in [3.8, 4) is 0 Å². The van der Waals surface area contributed by atoms with Gasteiger partial charge in [0.1, 0.15) is 0 Å². The highest BCUT2D eigenvalue weighted by molar-refractivity contribution is 5.85. The molecule has 0 saturated heterocycles. The second-order valence-corrected chi connectivity index (χ2v) is 2.91. The Balaban J connectivity index is 0.00000169. The van der Waals surface area contributed by atoms with Gasteiger partial charge in [-0.15, -0.1) is 12.4 Å². The van der Waals surface area contributed by atoms with Gasteiger partial charge in [-0.2, -0.15) is 13.2 Å². The summed E-state index contributed by atoms with van der Waals surface area (Å²) >= 11 is 0. The van der Waals surface area contributed by atoms with E-state index in [2.05, 4.69) is 0 Å². The van der Waals surface area contributed by atoms with Crippen LogP contribution >= 0.6 is 12.4 Å². The van der Waals surface area contributed by atoms with Crippen LogP contribution in [0.15, 0.2) is 24.3 Å². The van der Waals surface area contributed by atoms with Crippen LogP contribution < -0.4 is 5.73 Å². The van der Waals surface area contributed by atoms with E-state index in [0.717, 1.165) is 12.1 Å². The second-order valence-electron chi connectivity index (χ2n) is 2.91. The summed E-state index contributed by atoms with van der Waals surface area (Å²) in [5, 5.41) is 0. The number of rotatable bonds is 1. The van der Waals surface area contributed by atoms with Gasteiger partial charge in [0.05, 0.1) is 5.56 Å². The molecule has 0 heterocycles. The normalized spacial score (nSPS) is 13.2. The van der Waals surface area contributed by atoms with E-state index in [1.54, 1.807) is 13.0 Å². The Labute approximate surface area is 86.5 Å². The minimum absolute atomic E-state index is 0. The van der Waals surface area contributed by atoms with Crippen LogP contribution in [0.3, 0.4) is 0 Å². The minimum Gasteiger partial charge on any atom is -0.324 e. The zero-order valence-corrected chi connectivity index (χ0v) is 8.32. The molecular weight excluding hydrogens is 215 g/mol. The van der Waals surface area contributed by atoms with Crippen LogP contribution in [0.2, 0.25) is 0 Å². The van der Waals surface area contributed by atoms with E-state index >= 15 is 0 Å². The van der Waals surface area contributed by atoms with Gasteiger partial charge in [-0.1, -0.05) is 12.1 Å². The van der Waals surface area contributed by atoms with Crippen molar-refractivity contribution in [2.24, 2.45) is 5.73 Å². The third kappa shape index (κ3) is 3.20. The van der Waals surface area contributed by atoms with E-state index in [-0.39, 0.29) is 18.4 Å². The van der Waals surface area contributed by atoms with Crippen LogP contribution in [0.1, 0.15) is 24.1 Å².